The predicted octanol–water partition coefficient (Wildman–Crippen LogP) is 2.46. The molecule has 1 fully saturated rings. The Balaban J connectivity index is 1.92. The van der Waals surface area contributed by atoms with Gasteiger partial charge in [-0.05, 0) is 31.4 Å². The number of piperidine rings is 1. The van der Waals surface area contributed by atoms with Crippen molar-refractivity contribution in [3.63, 3.8) is 0 Å². The SMILES string of the molecule is O=C(O)CC1CCCCN1c1cnc2ccccc2n1. The lowest BCUT2D eigenvalue weighted by molar-refractivity contribution is -0.137. The molecule has 3 rings (SSSR count). The number of carboxylic acids is 1. The van der Waals surface area contributed by atoms with E-state index < -0.39 is 5.97 Å². The Labute approximate surface area is 117 Å². The van der Waals surface area contributed by atoms with Gasteiger partial charge in [0.2, 0.25) is 0 Å². The van der Waals surface area contributed by atoms with E-state index in [0.29, 0.717) is 0 Å². The van der Waals surface area contributed by atoms with Gasteiger partial charge in [0.1, 0.15) is 5.82 Å². The molecule has 0 bridgehead atoms. The number of carboxylic acid groups (broad SMARTS) is 1. The van der Waals surface area contributed by atoms with Gasteiger partial charge in [0, 0.05) is 12.6 Å². The number of anilines is 1. The minimum Gasteiger partial charge on any atom is -0.481 e. The molecule has 1 N–H and O–H groups in total. The van der Waals surface area contributed by atoms with Gasteiger partial charge in [-0.25, -0.2) is 4.98 Å². The summed E-state index contributed by atoms with van der Waals surface area (Å²) < 4.78 is 0. The third kappa shape index (κ3) is 2.57. The summed E-state index contributed by atoms with van der Waals surface area (Å²) >= 11 is 0. The molecule has 5 heteroatoms. The van der Waals surface area contributed by atoms with E-state index in [0.717, 1.165) is 42.7 Å². The van der Waals surface area contributed by atoms with Gasteiger partial charge in [-0.15, -0.1) is 0 Å². The molecule has 5 nitrogen and oxygen atoms in total. The summed E-state index contributed by atoms with van der Waals surface area (Å²) in [6.45, 7) is 0.852. The summed E-state index contributed by atoms with van der Waals surface area (Å²) in [7, 11) is 0. The molecule has 0 radical (unpaired) electrons. The van der Waals surface area contributed by atoms with E-state index in [-0.39, 0.29) is 12.5 Å². The zero-order valence-corrected chi connectivity index (χ0v) is 11.2. The molecule has 0 amide bonds. The van der Waals surface area contributed by atoms with Crippen molar-refractivity contribution in [2.24, 2.45) is 0 Å². The van der Waals surface area contributed by atoms with E-state index in [1.165, 1.54) is 0 Å². The minimum absolute atomic E-state index is 0.0247. The van der Waals surface area contributed by atoms with Crippen molar-refractivity contribution >= 4 is 22.8 Å². The fraction of sp³-hybridized carbons (Fsp3) is 0.400. The van der Waals surface area contributed by atoms with Crippen molar-refractivity contribution in [3.8, 4) is 0 Å². The van der Waals surface area contributed by atoms with E-state index in [4.69, 9.17) is 5.11 Å². The highest BCUT2D eigenvalue weighted by molar-refractivity contribution is 5.75. The Morgan fingerprint density at radius 1 is 1.30 bits per heavy atom. The normalized spacial score (nSPS) is 19.2. The second-order valence-electron chi connectivity index (χ2n) is 5.16. The van der Waals surface area contributed by atoms with Crippen LogP contribution < -0.4 is 4.90 Å². The molecule has 1 unspecified atom stereocenters. The Hall–Kier alpha value is -2.17. The van der Waals surface area contributed by atoms with E-state index in [9.17, 15) is 4.79 Å². The van der Waals surface area contributed by atoms with Crippen molar-refractivity contribution in [1.29, 1.82) is 0 Å². The molecule has 2 aromatic rings. The van der Waals surface area contributed by atoms with Crippen LogP contribution in [0.2, 0.25) is 0 Å². The fourth-order valence-corrected chi connectivity index (χ4v) is 2.80. The van der Waals surface area contributed by atoms with Crippen LogP contribution in [-0.4, -0.2) is 33.6 Å². The quantitative estimate of drug-likeness (QED) is 0.928. The number of carbonyl (C=O) groups is 1. The standard InChI is InChI=1S/C15H17N3O2/c19-15(20)9-11-5-3-4-8-18(11)14-10-16-12-6-1-2-7-13(12)17-14/h1-2,6-7,10-11H,3-5,8-9H2,(H,19,20). The first-order valence-electron chi connectivity index (χ1n) is 6.94. The van der Waals surface area contributed by atoms with Crippen LogP contribution in [0.25, 0.3) is 11.0 Å². The third-order valence-electron chi connectivity index (χ3n) is 3.77. The van der Waals surface area contributed by atoms with Gasteiger partial charge < -0.3 is 10.0 Å². The summed E-state index contributed by atoms with van der Waals surface area (Å²) in [5.41, 5.74) is 1.72. The summed E-state index contributed by atoms with van der Waals surface area (Å²) in [6, 6.07) is 7.76. The van der Waals surface area contributed by atoms with Crippen molar-refractivity contribution < 1.29 is 9.90 Å². The summed E-state index contributed by atoms with van der Waals surface area (Å²) in [5, 5.41) is 9.04. The van der Waals surface area contributed by atoms with Crippen LogP contribution in [0, 0.1) is 0 Å². The first-order chi connectivity index (χ1) is 9.74. The third-order valence-corrected chi connectivity index (χ3v) is 3.77. The molecule has 1 aliphatic rings. The van der Waals surface area contributed by atoms with Crippen LogP contribution in [0.3, 0.4) is 0 Å². The van der Waals surface area contributed by atoms with E-state index >= 15 is 0 Å². The van der Waals surface area contributed by atoms with Crippen molar-refractivity contribution in [2.45, 2.75) is 31.7 Å². The van der Waals surface area contributed by atoms with Gasteiger partial charge in [0.05, 0.1) is 23.7 Å². The zero-order valence-electron chi connectivity index (χ0n) is 11.2. The number of fused-ring (bicyclic) bond motifs is 1. The summed E-state index contributed by atoms with van der Waals surface area (Å²) in [6.07, 6.45) is 4.97. The monoisotopic (exact) mass is 271 g/mol. The lowest BCUT2D eigenvalue weighted by Gasteiger charge is -2.35. The molecule has 104 valence electrons. The van der Waals surface area contributed by atoms with Crippen LogP contribution in [0.1, 0.15) is 25.7 Å². The molecule has 1 aromatic carbocycles. The largest absolute Gasteiger partial charge is 0.481 e. The number of rotatable bonds is 3. The average Bonchev–Trinajstić information content (AvgIpc) is 2.47. The molecule has 0 spiro atoms. The van der Waals surface area contributed by atoms with Gasteiger partial charge in [-0.3, -0.25) is 9.78 Å². The second-order valence-corrected chi connectivity index (χ2v) is 5.16. The maximum absolute atomic E-state index is 11.0. The Morgan fingerprint density at radius 2 is 2.10 bits per heavy atom. The predicted molar refractivity (Wildman–Crippen MR) is 76.8 cm³/mol. The summed E-state index contributed by atoms with van der Waals surface area (Å²) in [5.74, 6) is 0.0327. The number of nitrogens with zero attached hydrogens (tertiary/aromatic N) is 3. The van der Waals surface area contributed by atoms with Gasteiger partial charge in [-0.2, -0.15) is 0 Å². The topological polar surface area (TPSA) is 66.3 Å². The Kier molecular flexibility index (Phi) is 3.50. The van der Waals surface area contributed by atoms with Crippen LogP contribution in [-0.2, 0) is 4.79 Å². The average molecular weight is 271 g/mol. The minimum atomic E-state index is -0.754. The lowest BCUT2D eigenvalue weighted by atomic mass is 9.99. The number of aliphatic carboxylic acids is 1. The Bertz CT molecular complexity index is 629. The number of para-hydroxylation sites is 2. The molecule has 1 atom stereocenters. The first-order valence-corrected chi connectivity index (χ1v) is 6.94. The Morgan fingerprint density at radius 3 is 2.90 bits per heavy atom. The summed E-state index contributed by atoms with van der Waals surface area (Å²) in [4.78, 5) is 22.1. The van der Waals surface area contributed by atoms with Crippen molar-refractivity contribution in [2.75, 3.05) is 11.4 Å². The zero-order chi connectivity index (χ0) is 13.9. The number of aromatic nitrogens is 2. The van der Waals surface area contributed by atoms with Gasteiger partial charge in [-0.1, -0.05) is 12.1 Å². The van der Waals surface area contributed by atoms with Gasteiger partial charge in [0.25, 0.3) is 0 Å². The second kappa shape index (κ2) is 5.45. The van der Waals surface area contributed by atoms with E-state index in [2.05, 4.69) is 14.9 Å². The van der Waals surface area contributed by atoms with Gasteiger partial charge in [0.15, 0.2) is 0 Å². The molecule has 2 heterocycles. The number of hydrogen-bond acceptors (Lipinski definition) is 4. The van der Waals surface area contributed by atoms with E-state index in [1.807, 2.05) is 24.3 Å². The lowest BCUT2D eigenvalue weighted by Crippen LogP contribution is -2.41. The highest BCUT2D eigenvalue weighted by atomic mass is 16.4. The fourth-order valence-electron chi connectivity index (χ4n) is 2.80. The van der Waals surface area contributed by atoms with Crippen LogP contribution in [0.4, 0.5) is 5.82 Å². The maximum atomic E-state index is 11.0. The van der Waals surface area contributed by atoms with Crippen molar-refractivity contribution in [1.82, 2.24) is 9.97 Å². The number of hydrogen-bond donors (Lipinski definition) is 1. The van der Waals surface area contributed by atoms with E-state index in [1.54, 1.807) is 6.20 Å². The number of benzene rings is 1. The maximum Gasteiger partial charge on any atom is 0.305 e. The molecule has 20 heavy (non-hydrogen) atoms. The van der Waals surface area contributed by atoms with Crippen molar-refractivity contribution in [3.05, 3.63) is 30.5 Å². The highest BCUT2D eigenvalue weighted by Gasteiger charge is 2.26. The van der Waals surface area contributed by atoms with Crippen LogP contribution in [0.5, 0.6) is 0 Å². The molecule has 0 saturated carbocycles. The molecular weight excluding hydrogens is 254 g/mol. The molecular formula is C15H17N3O2. The molecule has 1 saturated heterocycles. The van der Waals surface area contributed by atoms with Crippen LogP contribution >= 0.6 is 0 Å². The van der Waals surface area contributed by atoms with Crippen LogP contribution in [0.15, 0.2) is 30.5 Å². The van der Waals surface area contributed by atoms with Gasteiger partial charge >= 0.3 is 5.97 Å². The first kappa shape index (κ1) is 12.8. The molecule has 1 aromatic heterocycles. The smallest absolute Gasteiger partial charge is 0.305 e. The molecule has 1 aliphatic heterocycles. The highest BCUT2D eigenvalue weighted by Crippen LogP contribution is 2.25. The molecule has 0 aliphatic carbocycles.